The van der Waals surface area contributed by atoms with Crippen LogP contribution in [0.1, 0.15) is 47.4 Å². The number of nitrogens with zero attached hydrogens (tertiary/aromatic N) is 2. The molecule has 1 aliphatic carbocycles. The number of fused-ring (bicyclic) bond motifs is 1. The molecule has 29 heavy (non-hydrogen) atoms. The molecule has 0 saturated carbocycles. The summed E-state index contributed by atoms with van der Waals surface area (Å²) in [5.41, 5.74) is 1.02. The molecule has 0 aromatic heterocycles. The maximum atomic E-state index is 13.0. The minimum atomic E-state index is -0.314. The Bertz CT molecular complexity index is 879. The van der Waals surface area contributed by atoms with Crippen molar-refractivity contribution in [2.45, 2.75) is 38.9 Å². The van der Waals surface area contributed by atoms with Crippen LogP contribution in [0.5, 0.6) is 0 Å². The molecule has 2 heterocycles. The summed E-state index contributed by atoms with van der Waals surface area (Å²) in [7, 11) is 0. The number of carbonyl (C=O) groups excluding carboxylic acids is 3. The van der Waals surface area contributed by atoms with Gasteiger partial charge in [-0.25, -0.2) is 0 Å². The van der Waals surface area contributed by atoms with Gasteiger partial charge in [-0.05, 0) is 26.7 Å². The van der Waals surface area contributed by atoms with Gasteiger partial charge in [0.25, 0.3) is 0 Å². The van der Waals surface area contributed by atoms with Crippen LogP contribution in [0, 0.1) is 5.92 Å². The third-order valence-electron chi connectivity index (χ3n) is 5.93. The van der Waals surface area contributed by atoms with Gasteiger partial charge in [0, 0.05) is 43.2 Å². The van der Waals surface area contributed by atoms with Crippen LogP contribution in [0.25, 0.3) is 0 Å². The Kier molecular flexibility index (Phi) is 5.49. The third kappa shape index (κ3) is 3.71. The van der Waals surface area contributed by atoms with E-state index in [1.54, 1.807) is 24.3 Å². The van der Waals surface area contributed by atoms with Gasteiger partial charge in [0.15, 0.2) is 0 Å². The first-order chi connectivity index (χ1) is 13.9. The first-order valence-electron chi connectivity index (χ1n) is 10.1. The summed E-state index contributed by atoms with van der Waals surface area (Å²) >= 11 is 6.32. The maximum absolute atomic E-state index is 13.0. The molecule has 0 spiro atoms. The molecule has 2 aliphatic heterocycles. The van der Waals surface area contributed by atoms with Gasteiger partial charge in [0.1, 0.15) is 10.7 Å². The van der Waals surface area contributed by atoms with Gasteiger partial charge in [-0.1, -0.05) is 35.9 Å². The molecule has 1 amide bonds. The summed E-state index contributed by atoms with van der Waals surface area (Å²) in [6.45, 7) is 6.25. The van der Waals surface area contributed by atoms with Gasteiger partial charge in [-0.15, -0.1) is 0 Å². The fraction of sp³-hybridized carbons (Fsp3) is 0.500. The van der Waals surface area contributed by atoms with Crippen molar-refractivity contribution < 1.29 is 19.1 Å². The SMILES string of the molecule is C[C@@H]1CN(C(=O)C2CCN(C3=C(Cl)C(=O)c4ccccc4C3=O)CC2)C[C@@H](C)O1. The Morgan fingerprint density at radius 3 is 2.14 bits per heavy atom. The fourth-order valence-corrected chi connectivity index (χ4v) is 4.89. The summed E-state index contributed by atoms with van der Waals surface area (Å²) in [6.07, 6.45) is 1.35. The molecule has 0 radical (unpaired) electrons. The second-order valence-electron chi connectivity index (χ2n) is 8.13. The highest BCUT2D eigenvalue weighted by Crippen LogP contribution is 2.33. The van der Waals surface area contributed by atoms with E-state index in [-0.39, 0.29) is 46.3 Å². The third-order valence-corrected chi connectivity index (χ3v) is 6.28. The summed E-state index contributed by atoms with van der Waals surface area (Å²) in [5.74, 6) is -0.454. The van der Waals surface area contributed by atoms with E-state index in [0.29, 0.717) is 50.1 Å². The van der Waals surface area contributed by atoms with Crippen LogP contribution < -0.4 is 0 Å². The van der Waals surface area contributed by atoms with E-state index in [1.807, 2.05) is 23.6 Å². The zero-order valence-corrected chi connectivity index (χ0v) is 17.4. The molecule has 154 valence electrons. The number of carbonyl (C=O) groups is 3. The van der Waals surface area contributed by atoms with E-state index in [0.717, 1.165) is 0 Å². The van der Waals surface area contributed by atoms with E-state index in [9.17, 15) is 14.4 Å². The van der Waals surface area contributed by atoms with Crippen LogP contribution in [-0.2, 0) is 9.53 Å². The highest BCUT2D eigenvalue weighted by molar-refractivity contribution is 6.49. The van der Waals surface area contributed by atoms with Crippen LogP contribution in [-0.4, -0.2) is 65.7 Å². The lowest BCUT2D eigenvalue weighted by atomic mass is 9.89. The van der Waals surface area contributed by atoms with Crippen molar-refractivity contribution >= 4 is 29.1 Å². The van der Waals surface area contributed by atoms with E-state index < -0.39 is 0 Å². The van der Waals surface area contributed by atoms with Crippen molar-refractivity contribution in [3.8, 4) is 0 Å². The van der Waals surface area contributed by atoms with Crippen molar-refractivity contribution in [1.29, 1.82) is 0 Å². The molecular formula is C22H25ClN2O4. The summed E-state index contributed by atoms with van der Waals surface area (Å²) in [5, 5.41) is -0.0192. The van der Waals surface area contributed by atoms with Crippen LogP contribution >= 0.6 is 11.6 Å². The Morgan fingerprint density at radius 2 is 1.55 bits per heavy atom. The van der Waals surface area contributed by atoms with Gasteiger partial charge in [-0.3, -0.25) is 14.4 Å². The first kappa shape index (κ1) is 20.1. The molecule has 4 rings (SSSR count). The Morgan fingerprint density at radius 1 is 1.00 bits per heavy atom. The normalized spacial score (nSPS) is 26.0. The van der Waals surface area contributed by atoms with Gasteiger partial charge >= 0.3 is 0 Å². The number of Topliss-reactive ketones (excluding diaryl/α,β-unsaturated/α-hetero) is 2. The molecule has 6 nitrogen and oxygen atoms in total. The highest BCUT2D eigenvalue weighted by Gasteiger charge is 2.38. The molecule has 0 bridgehead atoms. The minimum Gasteiger partial charge on any atom is -0.372 e. The Balaban J connectivity index is 1.46. The number of halogens is 1. The molecule has 7 heteroatoms. The van der Waals surface area contributed by atoms with E-state index >= 15 is 0 Å². The summed E-state index contributed by atoms with van der Waals surface area (Å²) in [6, 6.07) is 6.76. The number of benzene rings is 1. The zero-order valence-electron chi connectivity index (χ0n) is 16.7. The molecule has 1 aromatic carbocycles. The number of rotatable bonds is 2. The monoisotopic (exact) mass is 416 g/mol. The molecule has 0 N–H and O–H groups in total. The second-order valence-corrected chi connectivity index (χ2v) is 8.51. The number of amides is 1. The fourth-order valence-electron chi connectivity index (χ4n) is 4.58. The summed E-state index contributed by atoms with van der Waals surface area (Å²) < 4.78 is 5.72. The molecule has 2 saturated heterocycles. The number of hydrogen-bond acceptors (Lipinski definition) is 5. The van der Waals surface area contributed by atoms with Crippen LogP contribution in [0.4, 0.5) is 0 Å². The average molecular weight is 417 g/mol. The highest BCUT2D eigenvalue weighted by atomic mass is 35.5. The molecule has 3 aliphatic rings. The predicted octanol–water partition coefficient (Wildman–Crippen LogP) is 2.86. The van der Waals surface area contributed by atoms with Crippen LogP contribution in [0.2, 0.25) is 0 Å². The van der Waals surface area contributed by atoms with Crippen molar-refractivity contribution in [3.63, 3.8) is 0 Å². The van der Waals surface area contributed by atoms with Gasteiger partial charge in [-0.2, -0.15) is 0 Å². The maximum Gasteiger partial charge on any atom is 0.225 e. The lowest BCUT2D eigenvalue weighted by molar-refractivity contribution is -0.148. The quantitative estimate of drug-likeness (QED) is 0.741. The number of hydrogen-bond donors (Lipinski definition) is 0. The predicted molar refractivity (Wildman–Crippen MR) is 109 cm³/mol. The van der Waals surface area contributed by atoms with Crippen molar-refractivity contribution in [1.82, 2.24) is 9.80 Å². The number of morpholine rings is 1. The second kappa shape index (κ2) is 7.92. The number of allylic oxidation sites excluding steroid dienone is 2. The lowest BCUT2D eigenvalue weighted by Crippen LogP contribution is -2.51. The Labute approximate surface area is 175 Å². The van der Waals surface area contributed by atoms with Crippen LogP contribution in [0.3, 0.4) is 0 Å². The van der Waals surface area contributed by atoms with Crippen molar-refractivity contribution in [2.24, 2.45) is 5.92 Å². The number of ether oxygens (including phenoxy) is 1. The summed E-state index contributed by atoms with van der Waals surface area (Å²) in [4.78, 5) is 42.3. The molecule has 2 fully saturated rings. The zero-order chi connectivity index (χ0) is 20.7. The van der Waals surface area contributed by atoms with Gasteiger partial charge in [0.05, 0.1) is 12.2 Å². The largest absolute Gasteiger partial charge is 0.372 e. The smallest absolute Gasteiger partial charge is 0.225 e. The lowest BCUT2D eigenvalue weighted by Gasteiger charge is -2.40. The standard InChI is InChI=1S/C22H25ClN2O4/c1-13-11-25(12-14(2)29-13)22(28)15-7-9-24(10-8-15)19-18(23)20(26)16-5-3-4-6-17(16)21(19)27/h3-6,13-15H,7-12H2,1-2H3/t13-,14-/m1/s1. The van der Waals surface area contributed by atoms with Gasteiger partial charge < -0.3 is 14.5 Å². The topological polar surface area (TPSA) is 66.9 Å². The minimum absolute atomic E-state index is 0.0192. The van der Waals surface area contributed by atoms with E-state index in [4.69, 9.17) is 16.3 Å². The molecular weight excluding hydrogens is 392 g/mol. The Hall–Kier alpha value is -2.18. The molecule has 0 unspecified atom stereocenters. The first-order valence-corrected chi connectivity index (χ1v) is 10.5. The average Bonchev–Trinajstić information content (AvgIpc) is 2.71. The van der Waals surface area contributed by atoms with Crippen LogP contribution in [0.15, 0.2) is 35.0 Å². The number of ketones is 2. The molecule has 1 aromatic rings. The van der Waals surface area contributed by atoms with E-state index in [2.05, 4.69) is 0 Å². The number of piperidine rings is 1. The molecule has 2 atom stereocenters. The van der Waals surface area contributed by atoms with Crippen molar-refractivity contribution in [2.75, 3.05) is 26.2 Å². The van der Waals surface area contributed by atoms with Crippen molar-refractivity contribution in [3.05, 3.63) is 46.1 Å². The van der Waals surface area contributed by atoms with Gasteiger partial charge in [0.2, 0.25) is 17.5 Å². The van der Waals surface area contributed by atoms with E-state index in [1.165, 1.54) is 0 Å². The number of likely N-dealkylation sites (tertiary alicyclic amines) is 1.